The summed E-state index contributed by atoms with van der Waals surface area (Å²) >= 11 is 3.29. The highest BCUT2D eigenvalue weighted by Crippen LogP contribution is 2.37. The highest BCUT2D eigenvalue weighted by atomic mass is 79.9. The molecule has 1 N–H and O–H groups in total. The molecule has 0 aliphatic heterocycles. The van der Waals surface area contributed by atoms with Crippen molar-refractivity contribution >= 4 is 25.8 Å². The molecule has 32 heavy (non-hydrogen) atoms. The molecule has 1 heterocycles. The average molecular weight is 517 g/mol. The Morgan fingerprint density at radius 3 is 2.31 bits per heavy atom. The number of hydrogen-bond donors (Lipinski definition) is 1. The van der Waals surface area contributed by atoms with E-state index in [0.29, 0.717) is 16.7 Å². The van der Waals surface area contributed by atoms with Crippen LogP contribution in [0.3, 0.4) is 0 Å². The molecule has 0 amide bonds. The van der Waals surface area contributed by atoms with Crippen molar-refractivity contribution in [1.29, 1.82) is 0 Å². The number of sulfone groups is 1. The predicted octanol–water partition coefficient (Wildman–Crippen LogP) is 5.20. The molecule has 1 saturated carbocycles. The van der Waals surface area contributed by atoms with E-state index in [4.69, 9.17) is 0 Å². The normalized spacial score (nSPS) is 15.7. The van der Waals surface area contributed by atoms with Crippen molar-refractivity contribution in [3.05, 3.63) is 80.8 Å². The second-order valence-electron chi connectivity index (χ2n) is 8.07. The van der Waals surface area contributed by atoms with Crippen molar-refractivity contribution in [2.45, 2.75) is 60.8 Å². The van der Waals surface area contributed by atoms with Gasteiger partial charge in [-0.25, -0.2) is 8.42 Å². The van der Waals surface area contributed by atoms with Gasteiger partial charge in [-0.15, -0.1) is 0 Å². The Morgan fingerprint density at radius 1 is 1.09 bits per heavy atom. The topological polar surface area (TPSA) is 89.3 Å². The van der Waals surface area contributed by atoms with Gasteiger partial charge in [0.05, 0.1) is 10.9 Å². The maximum atomic E-state index is 13.8. The summed E-state index contributed by atoms with van der Waals surface area (Å²) in [6.45, 7) is 1.96. The third-order valence-electron chi connectivity index (χ3n) is 6.08. The van der Waals surface area contributed by atoms with Crippen molar-refractivity contribution in [2.24, 2.45) is 0 Å². The van der Waals surface area contributed by atoms with E-state index in [1.807, 2.05) is 37.3 Å². The summed E-state index contributed by atoms with van der Waals surface area (Å²) in [7, 11) is -4.27. The SMILES string of the molecule is CC[C@@H](c1ccccc1)n1c(C2CCCC2)nc(O)c(S(=O)(=O)c2ccc(Br)cc2)c1=O. The molecular formula is C24H25BrN2O4S. The molecular weight excluding hydrogens is 492 g/mol. The maximum absolute atomic E-state index is 13.8. The molecule has 1 aliphatic rings. The summed E-state index contributed by atoms with van der Waals surface area (Å²) in [5.41, 5.74) is 0.175. The molecule has 168 valence electrons. The molecule has 1 aliphatic carbocycles. The minimum Gasteiger partial charge on any atom is -0.492 e. The number of hydrogen-bond acceptors (Lipinski definition) is 5. The standard InChI is InChI=1S/C24H25BrN2O4S/c1-2-20(16-8-4-3-5-9-16)27-22(17-10-6-7-11-17)26-23(28)21(24(27)29)32(30,31)19-14-12-18(25)13-15-19/h3-5,8-9,12-15,17,20,28H,2,6-7,10-11H2,1H3/t20-/m0/s1. The number of aromatic hydroxyl groups is 1. The van der Waals surface area contributed by atoms with E-state index in [1.54, 1.807) is 12.1 Å². The maximum Gasteiger partial charge on any atom is 0.277 e. The Labute approximate surface area is 196 Å². The Hall–Kier alpha value is -2.45. The van der Waals surface area contributed by atoms with Crippen LogP contribution in [0.4, 0.5) is 0 Å². The van der Waals surface area contributed by atoms with E-state index in [-0.39, 0.29) is 16.9 Å². The summed E-state index contributed by atoms with van der Waals surface area (Å²) in [4.78, 5) is 17.4. The highest BCUT2D eigenvalue weighted by molar-refractivity contribution is 9.10. The second kappa shape index (κ2) is 9.19. The number of rotatable bonds is 6. The van der Waals surface area contributed by atoms with E-state index in [0.717, 1.165) is 31.2 Å². The Bertz CT molecular complexity index is 1270. The zero-order valence-corrected chi connectivity index (χ0v) is 20.1. The van der Waals surface area contributed by atoms with Crippen LogP contribution in [0.15, 0.2) is 73.7 Å². The van der Waals surface area contributed by atoms with Crippen LogP contribution in [0.5, 0.6) is 5.88 Å². The first-order valence-corrected chi connectivity index (χ1v) is 13.0. The van der Waals surface area contributed by atoms with Crippen LogP contribution in [-0.4, -0.2) is 23.1 Å². The van der Waals surface area contributed by atoms with Crippen molar-refractivity contribution in [3.8, 4) is 5.88 Å². The molecule has 1 aromatic heterocycles. The van der Waals surface area contributed by atoms with E-state index in [9.17, 15) is 18.3 Å². The molecule has 4 rings (SSSR count). The molecule has 0 radical (unpaired) electrons. The van der Waals surface area contributed by atoms with Gasteiger partial charge in [-0.1, -0.05) is 66.0 Å². The lowest BCUT2D eigenvalue weighted by atomic mass is 10.0. The molecule has 0 saturated heterocycles. The number of benzene rings is 2. The molecule has 1 atom stereocenters. The first-order chi connectivity index (χ1) is 15.3. The minimum atomic E-state index is -4.27. The zero-order valence-electron chi connectivity index (χ0n) is 17.7. The van der Waals surface area contributed by atoms with Crippen molar-refractivity contribution < 1.29 is 13.5 Å². The monoisotopic (exact) mass is 516 g/mol. The van der Waals surface area contributed by atoms with E-state index in [2.05, 4.69) is 20.9 Å². The molecule has 0 unspecified atom stereocenters. The molecule has 1 fully saturated rings. The third-order valence-corrected chi connectivity index (χ3v) is 8.40. The van der Waals surface area contributed by atoms with E-state index in [1.165, 1.54) is 16.7 Å². The van der Waals surface area contributed by atoms with Crippen LogP contribution < -0.4 is 5.56 Å². The second-order valence-corrected chi connectivity index (χ2v) is 10.9. The Morgan fingerprint density at radius 2 is 1.72 bits per heavy atom. The number of nitrogens with zero attached hydrogens (tertiary/aromatic N) is 2. The van der Waals surface area contributed by atoms with Gasteiger partial charge in [0.15, 0.2) is 4.90 Å². The number of halogens is 1. The quantitative estimate of drug-likeness (QED) is 0.486. The van der Waals surface area contributed by atoms with Crippen LogP contribution in [0.2, 0.25) is 0 Å². The number of aromatic nitrogens is 2. The molecule has 3 aromatic rings. The molecule has 8 heteroatoms. The summed E-state index contributed by atoms with van der Waals surface area (Å²) in [6, 6.07) is 15.1. The van der Waals surface area contributed by atoms with E-state index < -0.39 is 26.2 Å². The van der Waals surface area contributed by atoms with Crippen molar-refractivity contribution in [1.82, 2.24) is 9.55 Å². The lowest BCUT2D eigenvalue weighted by Gasteiger charge is -2.25. The van der Waals surface area contributed by atoms with Gasteiger partial charge < -0.3 is 5.11 Å². The minimum absolute atomic E-state index is 0.01000. The van der Waals surface area contributed by atoms with Crippen LogP contribution in [0.25, 0.3) is 0 Å². The Balaban J connectivity index is 1.98. The van der Waals surface area contributed by atoms with E-state index >= 15 is 0 Å². The summed E-state index contributed by atoms with van der Waals surface area (Å²) in [5, 5.41) is 10.7. The van der Waals surface area contributed by atoms with Crippen molar-refractivity contribution in [3.63, 3.8) is 0 Å². The summed E-state index contributed by atoms with van der Waals surface area (Å²) in [6.07, 6.45) is 4.32. The fourth-order valence-electron chi connectivity index (χ4n) is 4.50. The third kappa shape index (κ3) is 4.13. The lowest BCUT2D eigenvalue weighted by Crippen LogP contribution is -2.34. The van der Waals surface area contributed by atoms with Gasteiger partial charge in [0.2, 0.25) is 15.7 Å². The van der Waals surface area contributed by atoms with Gasteiger partial charge in [-0.2, -0.15) is 4.98 Å². The molecule has 2 aromatic carbocycles. The van der Waals surface area contributed by atoms with Gasteiger partial charge in [-0.3, -0.25) is 9.36 Å². The fourth-order valence-corrected chi connectivity index (χ4v) is 6.11. The fraction of sp³-hybridized carbons (Fsp3) is 0.333. The molecule has 0 spiro atoms. The summed E-state index contributed by atoms with van der Waals surface area (Å²) in [5.74, 6) is -0.245. The predicted molar refractivity (Wildman–Crippen MR) is 126 cm³/mol. The summed E-state index contributed by atoms with van der Waals surface area (Å²) < 4.78 is 29.0. The van der Waals surface area contributed by atoms with Crippen LogP contribution in [0, 0.1) is 0 Å². The van der Waals surface area contributed by atoms with Gasteiger partial charge in [0.1, 0.15) is 5.82 Å². The van der Waals surface area contributed by atoms with Crippen LogP contribution in [0.1, 0.15) is 62.4 Å². The van der Waals surface area contributed by atoms with Crippen molar-refractivity contribution in [2.75, 3.05) is 0 Å². The van der Waals surface area contributed by atoms with Gasteiger partial charge in [0.25, 0.3) is 5.56 Å². The largest absolute Gasteiger partial charge is 0.492 e. The lowest BCUT2D eigenvalue weighted by molar-refractivity contribution is 0.399. The van der Waals surface area contributed by atoms with Gasteiger partial charge >= 0.3 is 0 Å². The Kier molecular flexibility index (Phi) is 6.53. The van der Waals surface area contributed by atoms with Gasteiger partial charge in [-0.05, 0) is 49.1 Å². The first-order valence-electron chi connectivity index (χ1n) is 10.8. The van der Waals surface area contributed by atoms with Crippen LogP contribution >= 0.6 is 15.9 Å². The zero-order chi connectivity index (χ0) is 22.9. The van der Waals surface area contributed by atoms with Crippen LogP contribution in [-0.2, 0) is 9.84 Å². The average Bonchev–Trinajstić information content (AvgIpc) is 3.31. The van der Waals surface area contributed by atoms with Gasteiger partial charge in [0, 0.05) is 10.4 Å². The molecule has 0 bridgehead atoms. The first kappa shape index (κ1) is 22.7. The smallest absolute Gasteiger partial charge is 0.277 e. The highest BCUT2D eigenvalue weighted by Gasteiger charge is 2.34. The molecule has 6 nitrogen and oxygen atoms in total.